The van der Waals surface area contributed by atoms with Gasteiger partial charge in [-0.25, -0.2) is 0 Å². The quantitative estimate of drug-likeness (QED) is 0.784. The van der Waals surface area contributed by atoms with Crippen LogP contribution >= 0.6 is 24.0 Å². The Morgan fingerprint density at radius 2 is 1.78 bits per heavy atom. The molecule has 104 valence electrons. The third-order valence-corrected chi connectivity index (χ3v) is 3.10. The average Bonchev–Trinajstić information content (AvgIpc) is 2.20. The minimum absolute atomic E-state index is 0. The van der Waals surface area contributed by atoms with E-state index in [1.54, 1.807) is 19.1 Å². The van der Waals surface area contributed by atoms with Gasteiger partial charge in [-0.15, -0.1) is 12.4 Å². The van der Waals surface area contributed by atoms with Gasteiger partial charge in [0.1, 0.15) is 5.75 Å². The van der Waals surface area contributed by atoms with Gasteiger partial charge in [-0.1, -0.05) is 32.4 Å². The highest BCUT2D eigenvalue weighted by Gasteiger charge is 2.30. The lowest BCUT2D eigenvalue weighted by Crippen LogP contribution is -2.37. The minimum atomic E-state index is -0.758. The van der Waals surface area contributed by atoms with E-state index in [-0.39, 0.29) is 23.6 Å². The van der Waals surface area contributed by atoms with E-state index in [2.05, 4.69) is 0 Å². The Labute approximate surface area is 119 Å². The first-order valence-corrected chi connectivity index (χ1v) is 5.95. The topological polar surface area (TPSA) is 66.5 Å². The van der Waals surface area contributed by atoms with Crippen molar-refractivity contribution in [3.8, 4) is 5.75 Å². The lowest BCUT2D eigenvalue weighted by Gasteiger charge is -2.31. The van der Waals surface area contributed by atoms with E-state index < -0.39 is 12.1 Å². The first-order chi connectivity index (χ1) is 7.64. The van der Waals surface area contributed by atoms with Gasteiger partial charge < -0.3 is 15.9 Å². The van der Waals surface area contributed by atoms with Gasteiger partial charge in [0.2, 0.25) is 0 Å². The molecular weight excluding hydrogens is 273 g/mol. The molecule has 0 bridgehead atoms. The Balaban J connectivity index is 0.00000289. The molecule has 0 heterocycles. The van der Waals surface area contributed by atoms with Crippen LogP contribution in [0.5, 0.6) is 5.75 Å². The van der Waals surface area contributed by atoms with Crippen LogP contribution in [0.4, 0.5) is 0 Å². The lowest BCUT2D eigenvalue weighted by atomic mass is 9.82. The van der Waals surface area contributed by atoms with E-state index in [1.165, 1.54) is 0 Å². The zero-order valence-corrected chi connectivity index (χ0v) is 12.6. The van der Waals surface area contributed by atoms with E-state index in [0.717, 1.165) is 0 Å². The zero-order valence-electron chi connectivity index (χ0n) is 11.1. The number of hydrogen-bond donors (Lipinski definition) is 3. The van der Waals surface area contributed by atoms with E-state index in [9.17, 15) is 10.2 Å². The van der Waals surface area contributed by atoms with E-state index in [4.69, 9.17) is 17.3 Å². The van der Waals surface area contributed by atoms with Gasteiger partial charge in [-0.05, 0) is 30.0 Å². The van der Waals surface area contributed by atoms with Crippen molar-refractivity contribution < 1.29 is 10.2 Å². The number of benzene rings is 1. The van der Waals surface area contributed by atoms with Gasteiger partial charge in [0.05, 0.1) is 12.1 Å². The first-order valence-electron chi connectivity index (χ1n) is 5.57. The van der Waals surface area contributed by atoms with Crippen LogP contribution in [-0.4, -0.2) is 16.3 Å². The molecule has 4 N–H and O–H groups in total. The second-order valence-electron chi connectivity index (χ2n) is 5.50. The Bertz CT molecular complexity index is 416. The molecule has 1 aromatic carbocycles. The first kappa shape index (κ1) is 17.5. The number of aliphatic hydroxyl groups excluding tert-OH is 1. The molecule has 0 saturated carbocycles. The lowest BCUT2D eigenvalue weighted by molar-refractivity contribution is 0.0394. The zero-order chi connectivity index (χ0) is 13.4. The maximum atomic E-state index is 10.1. The highest BCUT2D eigenvalue weighted by atomic mass is 35.5. The number of nitrogens with two attached hydrogens (primary N) is 1. The Hall–Kier alpha value is -0.480. The summed E-state index contributed by atoms with van der Waals surface area (Å²) in [4.78, 5) is 0. The maximum absolute atomic E-state index is 10.1. The van der Waals surface area contributed by atoms with Crippen LogP contribution in [0.1, 0.15) is 37.9 Å². The van der Waals surface area contributed by atoms with Crippen molar-refractivity contribution >= 4 is 24.0 Å². The fraction of sp³-hybridized carbons (Fsp3) is 0.538. The van der Waals surface area contributed by atoms with E-state index in [0.29, 0.717) is 16.1 Å². The molecule has 5 heteroatoms. The van der Waals surface area contributed by atoms with Crippen LogP contribution in [0, 0.1) is 12.3 Å². The van der Waals surface area contributed by atoms with Crippen LogP contribution in [0.2, 0.25) is 5.02 Å². The van der Waals surface area contributed by atoms with Crippen molar-refractivity contribution in [1.82, 2.24) is 0 Å². The molecule has 0 saturated heterocycles. The number of aromatic hydroxyl groups is 1. The largest absolute Gasteiger partial charge is 0.507 e. The molecule has 0 radical (unpaired) electrons. The van der Waals surface area contributed by atoms with Crippen LogP contribution < -0.4 is 5.73 Å². The highest BCUT2D eigenvalue weighted by Crippen LogP contribution is 2.35. The molecular formula is C13H21Cl2NO2. The second-order valence-corrected chi connectivity index (χ2v) is 5.93. The smallest absolute Gasteiger partial charge is 0.123 e. The Morgan fingerprint density at radius 1 is 1.28 bits per heavy atom. The fourth-order valence-corrected chi connectivity index (χ4v) is 2.01. The number of phenols is 1. The van der Waals surface area contributed by atoms with Crippen molar-refractivity contribution in [2.75, 3.05) is 0 Å². The number of aryl methyl sites for hydroxylation is 1. The molecule has 0 aromatic heterocycles. The third kappa shape index (κ3) is 3.75. The van der Waals surface area contributed by atoms with Gasteiger partial charge in [-0.3, -0.25) is 0 Å². The van der Waals surface area contributed by atoms with Crippen molar-refractivity contribution in [2.24, 2.45) is 11.1 Å². The summed E-state index contributed by atoms with van der Waals surface area (Å²) in [6.07, 6.45) is -0.758. The molecule has 18 heavy (non-hydrogen) atoms. The summed E-state index contributed by atoms with van der Waals surface area (Å²) in [6, 6.07) is 2.60. The number of phenolic OH excluding ortho intramolecular Hbond substituents is 1. The van der Waals surface area contributed by atoms with E-state index in [1.807, 2.05) is 20.8 Å². The summed E-state index contributed by atoms with van der Waals surface area (Å²) >= 11 is 5.94. The number of aliphatic hydroxyl groups is 1. The van der Waals surface area contributed by atoms with Crippen LogP contribution in [0.25, 0.3) is 0 Å². The third-order valence-electron chi connectivity index (χ3n) is 2.88. The van der Waals surface area contributed by atoms with Crippen LogP contribution in [0.15, 0.2) is 12.1 Å². The van der Waals surface area contributed by atoms with Gasteiger partial charge >= 0.3 is 0 Å². The van der Waals surface area contributed by atoms with E-state index >= 15 is 0 Å². The van der Waals surface area contributed by atoms with Crippen molar-refractivity contribution in [3.63, 3.8) is 0 Å². The van der Waals surface area contributed by atoms with Crippen molar-refractivity contribution in [2.45, 2.75) is 39.8 Å². The highest BCUT2D eigenvalue weighted by molar-refractivity contribution is 6.30. The molecule has 0 fully saturated rings. The van der Waals surface area contributed by atoms with Gasteiger partial charge in [-0.2, -0.15) is 0 Å². The molecule has 0 aliphatic heterocycles. The average molecular weight is 294 g/mol. The second kappa shape index (κ2) is 6.11. The molecule has 0 aliphatic carbocycles. The Morgan fingerprint density at radius 3 is 2.22 bits per heavy atom. The number of halogens is 2. The van der Waals surface area contributed by atoms with Crippen molar-refractivity contribution in [1.29, 1.82) is 0 Å². The summed E-state index contributed by atoms with van der Waals surface area (Å²) in [5.41, 5.74) is 6.78. The molecule has 1 rings (SSSR count). The molecule has 0 amide bonds. The van der Waals surface area contributed by atoms with Crippen molar-refractivity contribution in [3.05, 3.63) is 28.3 Å². The van der Waals surface area contributed by atoms with Gasteiger partial charge in [0, 0.05) is 10.6 Å². The molecule has 0 unspecified atom stereocenters. The summed E-state index contributed by atoms with van der Waals surface area (Å²) < 4.78 is 0. The van der Waals surface area contributed by atoms with Crippen LogP contribution in [-0.2, 0) is 0 Å². The normalized spacial score (nSPS) is 14.8. The molecule has 1 aromatic rings. The predicted octanol–water partition coefficient (Wildman–Crippen LogP) is 3.18. The monoisotopic (exact) mass is 293 g/mol. The molecule has 0 aliphatic rings. The fourth-order valence-electron chi connectivity index (χ4n) is 1.72. The maximum Gasteiger partial charge on any atom is 0.123 e. The van der Waals surface area contributed by atoms with Gasteiger partial charge in [0.25, 0.3) is 0 Å². The summed E-state index contributed by atoms with van der Waals surface area (Å²) in [6.45, 7) is 7.44. The molecule has 2 atom stereocenters. The minimum Gasteiger partial charge on any atom is -0.507 e. The van der Waals surface area contributed by atoms with Crippen LogP contribution in [0.3, 0.4) is 0 Å². The Kier molecular flexibility index (Phi) is 5.95. The number of rotatable bonds is 2. The van der Waals surface area contributed by atoms with Gasteiger partial charge in [0.15, 0.2) is 0 Å². The summed E-state index contributed by atoms with van der Waals surface area (Å²) in [7, 11) is 0. The predicted molar refractivity (Wildman–Crippen MR) is 77.5 cm³/mol. The molecule has 0 spiro atoms. The number of hydrogen-bond acceptors (Lipinski definition) is 3. The molecule has 3 nitrogen and oxygen atoms in total. The summed E-state index contributed by atoms with van der Waals surface area (Å²) in [5.74, 6) is 0.102. The standard InChI is InChI=1S/C13H20ClNO2.ClH/c1-7-5-8(14)6-9(11(7)16)10(15)12(17)13(2,3)4;/h5-6,10,12,16-17H,15H2,1-4H3;1H/t10-,12-;/m0./s1. The SMILES string of the molecule is Cc1cc(Cl)cc([C@H](N)[C@H](O)C(C)(C)C)c1O.Cl. The summed E-state index contributed by atoms with van der Waals surface area (Å²) in [5, 5.41) is 20.6.